The lowest BCUT2D eigenvalue weighted by atomic mass is 9.45. The van der Waals surface area contributed by atoms with Crippen LogP contribution >= 0.6 is 0 Å². The zero-order valence-corrected chi connectivity index (χ0v) is 33.0. The molecule has 0 spiro atoms. The maximum Gasteiger partial charge on any atom is 0.306 e. The quantitative estimate of drug-likeness (QED) is 0.240. The number of nitrogens with two attached hydrogens (primary N) is 1. The average Bonchev–Trinajstić information content (AvgIpc) is 3.47. The molecule has 286 valence electrons. The molecular formula is C41H62N6O5. The zero-order valence-electron chi connectivity index (χ0n) is 33.0. The van der Waals surface area contributed by atoms with E-state index in [0.29, 0.717) is 48.1 Å². The van der Waals surface area contributed by atoms with Crippen molar-refractivity contribution < 1.29 is 24.0 Å². The van der Waals surface area contributed by atoms with E-state index in [4.69, 9.17) is 15.3 Å². The molecule has 4 aliphatic rings. The highest BCUT2D eigenvalue weighted by atomic mass is 16.7. The van der Waals surface area contributed by atoms with E-state index < -0.39 is 24.2 Å². The molecule has 4 fully saturated rings. The highest BCUT2D eigenvalue weighted by Crippen LogP contribution is 2.61. The molecular weight excluding hydrogens is 656 g/mol. The van der Waals surface area contributed by atoms with E-state index in [2.05, 4.69) is 50.5 Å². The number of hydrogen-bond donors (Lipinski definition) is 3. The number of hydrogen-bond acceptors (Lipinski definition) is 9. The van der Waals surface area contributed by atoms with Crippen molar-refractivity contribution in [2.24, 2.45) is 34.8 Å². The number of ether oxygens (including phenoxy) is 1. The van der Waals surface area contributed by atoms with Crippen LogP contribution in [0.2, 0.25) is 0 Å². The van der Waals surface area contributed by atoms with Crippen molar-refractivity contribution in [2.75, 3.05) is 53.2 Å². The highest BCUT2D eigenvalue weighted by Gasteiger charge is 2.57. The predicted molar refractivity (Wildman–Crippen MR) is 206 cm³/mol. The molecule has 11 nitrogen and oxygen atoms in total. The molecule has 1 aliphatic heterocycles. The van der Waals surface area contributed by atoms with Gasteiger partial charge in [-0.25, -0.2) is 0 Å². The SMILES string of the molecule is CNC(=O)c1cc(-c2cccc(CN3O[C@@H](CN)[C@@H]([C@H](C)OC(=O)CCCN(C)C)[C@H]3C(=O)N[C@H]3C[C@@H]4C[C@H]([C@@H]3C)C4(C)C)c2C)cc(N(C)C)c1. The van der Waals surface area contributed by atoms with E-state index in [1.54, 1.807) is 12.1 Å². The number of esters is 1. The number of nitrogens with zero attached hydrogens (tertiary/aromatic N) is 3. The van der Waals surface area contributed by atoms with Crippen LogP contribution in [0.4, 0.5) is 5.69 Å². The van der Waals surface area contributed by atoms with E-state index in [0.717, 1.165) is 40.9 Å². The summed E-state index contributed by atoms with van der Waals surface area (Å²) in [5.74, 6) is 0.487. The fourth-order valence-electron chi connectivity index (χ4n) is 9.03. The molecule has 3 saturated carbocycles. The molecule has 52 heavy (non-hydrogen) atoms. The minimum absolute atomic E-state index is 0.0659. The number of anilines is 1. The third-order valence-electron chi connectivity index (χ3n) is 12.4. The average molecular weight is 719 g/mol. The van der Waals surface area contributed by atoms with Crippen LogP contribution < -0.4 is 21.3 Å². The number of amides is 2. The van der Waals surface area contributed by atoms with Gasteiger partial charge in [0.2, 0.25) is 5.91 Å². The van der Waals surface area contributed by atoms with Crippen molar-refractivity contribution >= 4 is 23.5 Å². The molecule has 4 N–H and O–H groups in total. The normalized spacial score (nSPS) is 27.1. The number of rotatable bonds is 14. The minimum Gasteiger partial charge on any atom is -0.462 e. The van der Waals surface area contributed by atoms with Crippen molar-refractivity contribution in [3.8, 4) is 11.1 Å². The Balaban J connectivity index is 1.45. The minimum atomic E-state index is -0.725. The lowest BCUT2D eigenvalue weighted by molar-refractivity contribution is -0.175. The van der Waals surface area contributed by atoms with E-state index >= 15 is 0 Å². The molecule has 1 saturated heterocycles. The van der Waals surface area contributed by atoms with Gasteiger partial charge in [-0.3, -0.25) is 19.2 Å². The number of nitrogens with one attached hydrogen (secondary N) is 2. The Hall–Kier alpha value is -3.51. The van der Waals surface area contributed by atoms with Crippen LogP contribution in [-0.4, -0.2) is 100 Å². The molecule has 8 atom stereocenters. The Morgan fingerprint density at radius 1 is 1.12 bits per heavy atom. The maximum atomic E-state index is 14.6. The van der Waals surface area contributed by atoms with Gasteiger partial charge >= 0.3 is 5.97 Å². The van der Waals surface area contributed by atoms with Gasteiger partial charge in [-0.15, -0.1) is 0 Å². The molecule has 0 radical (unpaired) electrons. The fraction of sp³-hybridized carbons (Fsp3) is 0.634. The largest absolute Gasteiger partial charge is 0.462 e. The number of hydroxylamine groups is 2. The van der Waals surface area contributed by atoms with Crippen LogP contribution in [0.5, 0.6) is 0 Å². The summed E-state index contributed by atoms with van der Waals surface area (Å²) in [5.41, 5.74) is 12.0. The summed E-state index contributed by atoms with van der Waals surface area (Å²) < 4.78 is 6.02. The lowest BCUT2D eigenvalue weighted by Crippen LogP contribution is -2.62. The number of fused-ring (bicyclic) bond motifs is 2. The van der Waals surface area contributed by atoms with Crippen LogP contribution in [-0.2, 0) is 25.7 Å². The Kier molecular flexibility index (Phi) is 12.4. The van der Waals surface area contributed by atoms with E-state index in [1.165, 1.54) is 6.42 Å². The number of carbonyl (C=O) groups is 3. The maximum absolute atomic E-state index is 14.6. The highest BCUT2D eigenvalue weighted by molar-refractivity contribution is 5.96. The summed E-state index contributed by atoms with van der Waals surface area (Å²) in [6.45, 7) is 12.2. The summed E-state index contributed by atoms with van der Waals surface area (Å²) in [4.78, 5) is 50.9. The molecule has 3 aliphatic carbocycles. The van der Waals surface area contributed by atoms with Crippen molar-refractivity contribution in [2.45, 2.75) is 91.1 Å². The Morgan fingerprint density at radius 2 is 1.85 bits per heavy atom. The van der Waals surface area contributed by atoms with Crippen LogP contribution in [0.25, 0.3) is 11.1 Å². The molecule has 2 aromatic rings. The second kappa shape index (κ2) is 16.2. The molecule has 2 amide bonds. The van der Waals surface area contributed by atoms with Gasteiger partial charge < -0.3 is 30.9 Å². The molecule has 2 aromatic carbocycles. The second-order valence-corrected chi connectivity index (χ2v) is 16.5. The Labute approximate surface area is 310 Å². The third-order valence-corrected chi connectivity index (χ3v) is 12.4. The van der Waals surface area contributed by atoms with Crippen LogP contribution in [0, 0.1) is 36.0 Å². The van der Waals surface area contributed by atoms with Crippen molar-refractivity contribution in [3.05, 3.63) is 53.1 Å². The third kappa shape index (κ3) is 8.17. The van der Waals surface area contributed by atoms with Crippen molar-refractivity contribution in [1.82, 2.24) is 20.6 Å². The molecule has 2 bridgehead atoms. The van der Waals surface area contributed by atoms with Gasteiger partial charge in [0.25, 0.3) is 5.91 Å². The molecule has 0 unspecified atom stereocenters. The first-order valence-corrected chi connectivity index (χ1v) is 19.0. The first-order chi connectivity index (χ1) is 24.6. The van der Waals surface area contributed by atoms with Gasteiger partial charge in [0.05, 0.1) is 18.6 Å². The first-order valence-electron chi connectivity index (χ1n) is 19.0. The molecule has 11 heteroatoms. The predicted octanol–water partition coefficient (Wildman–Crippen LogP) is 4.61. The van der Waals surface area contributed by atoms with Crippen LogP contribution in [0.1, 0.15) is 74.9 Å². The Morgan fingerprint density at radius 3 is 2.46 bits per heavy atom. The van der Waals surface area contributed by atoms with Gasteiger partial charge in [0.1, 0.15) is 12.1 Å². The van der Waals surface area contributed by atoms with E-state index in [-0.39, 0.29) is 30.4 Å². The topological polar surface area (TPSA) is 129 Å². The molecule has 0 aromatic heterocycles. The Bertz CT molecular complexity index is 1610. The summed E-state index contributed by atoms with van der Waals surface area (Å²) in [6.07, 6.45) is 2.04. The van der Waals surface area contributed by atoms with Gasteiger partial charge in [0.15, 0.2) is 0 Å². The fourth-order valence-corrected chi connectivity index (χ4v) is 9.03. The van der Waals surface area contributed by atoms with E-state index in [1.807, 2.05) is 69.2 Å². The van der Waals surface area contributed by atoms with Crippen LogP contribution in [0.15, 0.2) is 36.4 Å². The monoisotopic (exact) mass is 718 g/mol. The summed E-state index contributed by atoms with van der Waals surface area (Å²) in [7, 11) is 9.50. The second-order valence-electron chi connectivity index (χ2n) is 16.5. The standard InChI is InChI=1S/C41H62N6O5/c1-24-27(13-11-14-32(24)28-17-29(39(49)43-6)19-31(18-28)46(9)10)23-47-38(40(50)44-34-21-30-20-33(25(34)2)41(30,4)5)37(35(22-42)52-47)26(3)51-36(48)15-12-16-45(7)8/h11,13-14,17-19,25-26,30,33-35,37-38H,12,15-16,20-23,42H2,1-10H3,(H,43,49)(H,44,50)/t25-,26-,30-,33+,34-,35-,37+,38-/m0/s1. The van der Waals surface area contributed by atoms with Gasteiger partial charge in [-0.2, -0.15) is 5.06 Å². The first kappa shape index (κ1) is 39.7. The van der Waals surface area contributed by atoms with Crippen molar-refractivity contribution in [1.29, 1.82) is 0 Å². The summed E-state index contributed by atoms with van der Waals surface area (Å²) >= 11 is 0. The number of benzene rings is 2. The van der Waals surface area contributed by atoms with Crippen molar-refractivity contribution in [3.63, 3.8) is 0 Å². The van der Waals surface area contributed by atoms with Gasteiger partial charge in [0, 0.05) is 51.4 Å². The van der Waals surface area contributed by atoms with Crippen LogP contribution in [0.3, 0.4) is 0 Å². The van der Waals surface area contributed by atoms with Gasteiger partial charge in [-0.1, -0.05) is 39.0 Å². The number of carbonyl (C=O) groups excluding carboxylic acids is 3. The smallest absolute Gasteiger partial charge is 0.306 e. The summed E-state index contributed by atoms with van der Waals surface area (Å²) in [5, 5.41) is 7.97. The molecule has 6 rings (SSSR count). The van der Waals surface area contributed by atoms with E-state index in [9.17, 15) is 14.4 Å². The van der Waals surface area contributed by atoms with Gasteiger partial charge in [-0.05, 0) is 117 Å². The summed E-state index contributed by atoms with van der Waals surface area (Å²) in [6, 6.07) is 11.3. The molecule has 1 heterocycles. The zero-order chi connectivity index (χ0) is 38.1. The lowest BCUT2D eigenvalue weighted by Gasteiger charge is -2.62.